The molecule has 6 heteroatoms. The molecule has 2 fully saturated rings. The third kappa shape index (κ3) is 2.34. The Hall–Kier alpha value is 0.610. The van der Waals surface area contributed by atoms with Crippen molar-refractivity contribution in [2.75, 3.05) is 18.1 Å². The Labute approximate surface area is 96.2 Å². The smallest absolute Gasteiger partial charge is 0.320 e. The quantitative estimate of drug-likeness (QED) is 0.758. The molecule has 1 spiro atoms. The van der Waals surface area contributed by atoms with Gasteiger partial charge in [-0.1, -0.05) is 0 Å². The predicted molar refractivity (Wildman–Crippen MR) is 62.0 cm³/mol. The summed E-state index contributed by atoms with van der Waals surface area (Å²) in [6.07, 6.45) is 0.775. The van der Waals surface area contributed by atoms with Gasteiger partial charge in [0, 0.05) is 18.1 Å². The highest BCUT2D eigenvalue weighted by molar-refractivity contribution is 8.93. The van der Waals surface area contributed by atoms with E-state index in [1.165, 1.54) is 11.5 Å². The highest BCUT2D eigenvalue weighted by atomic mass is 79.9. The molecule has 2 N–H and O–H groups in total. The second kappa shape index (κ2) is 4.42. The van der Waals surface area contributed by atoms with Crippen LogP contribution in [0.2, 0.25) is 0 Å². The first-order valence-corrected chi connectivity index (χ1v) is 5.93. The lowest BCUT2D eigenvalue weighted by molar-refractivity contribution is -0.139. The van der Waals surface area contributed by atoms with E-state index in [1.54, 1.807) is 0 Å². The maximum Gasteiger partial charge on any atom is 0.320 e. The molecule has 2 aliphatic rings. The number of thioether (sulfide) groups is 2. The summed E-state index contributed by atoms with van der Waals surface area (Å²) in [6.45, 7) is 0.847. The Balaban J connectivity index is 0.000000845. The first kappa shape index (κ1) is 11.7. The van der Waals surface area contributed by atoms with E-state index in [1.807, 2.05) is 23.5 Å². The van der Waals surface area contributed by atoms with Gasteiger partial charge in [0.05, 0.1) is 4.08 Å². The molecule has 2 heterocycles. The van der Waals surface area contributed by atoms with E-state index in [0.717, 1.165) is 13.0 Å². The molecule has 0 aliphatic carbocycles. The molecule has 13 heavy (non-hydrogen) atoms. The maximum atomic E-state index is 10.7. The lowest BCUT2D eigenvalue weighted by atomic mass is 10.2. The third-order valence-electron chi connectivity index (χ3n) is 2.24. The zero-order valence-corrected chi connectivity index (χ0v) is 10.3. The highest BCUT2D eigenvalue weighted by Crippen LogP contribution is 2.48. The van der Waals surface area contributed by atoms with Crippen LogP contribution in [0.5, 0.6) is 0 Å². The van der Waals surface area contributed by atoms with Gasteiger partial charge in [0.2, 0.25) is 0 Å². The van der Waals surface area contributed by atoms with Gasteiger partial charge in [-0.3, -0.25) is 4.79 Å². The molecule has 2 aliphatic heterocycles. The fourth-order valence-corrected chi connectivity index (χ4v) is 4.81. The van der Waals surface area contributed by atoms with Crippen molar-refractivity contribution in [1.82, 2.24) is 5.32 Å². The molecule has 0 radical (unpaired) electrons. The third-order valence-corrected chi connectivity index (χ3v) is 5.70. The SMILES string of the molecule is Br.O=C(O)[C@@H]1CC2(CN1)SCCS2. The molecule has 1 atom stereocenters. The molecular weight excluding hydrogens is 274 g/mol. The van der Waals surface area contributed by atoms with Crippen LogP contribution in [0.15, 0.2) is 0 Å². The summed E-state index contributed by atoms with van der Waals surface area (Å²) in [7, 11) is 0. The van der Waals surface area contributed by atoms with Crippen molar-refractivity contribution in [2.24, 2.45) is 0 Å². The lowest BCUT2D eigenvalue weighted by Gasteiger charge is -2.18. The summed E-state index contributed by atoms with van der Waals surface area (Å²) >= 11 is 3.82. The maximum absolute atomic E-state index is 10.7. The predicted octanol–water partition coefficient (Wildman–Crippen LogP) is 1.19. The number of aliphatic carboxylic acids is 1. The molecule has 2 saturated heterocycles. The van der Waals surface area contributed by atoms with Crippen molar-refractivity contribution in [3.8, 4) is 0 Å². The van der Waals surface area contributed by atoms with Crippen LogP contribution < -0.4 is 5.32 Å². The van der Waals surface area contributed by atoms with Gasteiger partial charge < -0.3 is 10.4 Å². The minimum Gasteiger partial charge on any atom is -0.480 e. The minimum atomic E-state index is -0.708. The van der Waals surface area contributed by atoms with Crippen LogP contribution in [-0.2, 0) is 4.79 Å². The molecule has 2 rings (SSSR count). The van der Waals surface area contributed by atoms with Gasteiger partial charge in [-0.05, 0) is 6.42 Å². The van der Waals surface area contributed by atoms with E-state index in [0.29, 0.717) is 0 Å². The van der Waals surface area contributed by atoms with Crippen molar-refractivity contribution >= 4 is 46.5 Å². The summed E-state index contributed by atoms with van der Waals surface area (Å²) in [4.78, 5) is 10.7. The van der Waals surface area contributed by atoms with Gasteiger partial charge in [0.15, 0.2) is 0 Å². The summed E-state index contributed by atoms with van der Waals surface area (Å²) in [5.74, 6) is 1.62. The van der Waals surface area contributed by atoms with Gasteiger partial charge in [0.1, 0.15) is 6.04 Å². The second-order valence-electron chi connectivity index (χ2n) is 3.08. The molecule has 0 unspecified atom stereocenters. The molecule has 0 bridgehead atoms. The van der Waals surface area contributed by atoms with Crippen LogP contribution in [0.1, 0.15) is 6.42 Å². The monoisotopic (exact) mass is 285 g/mol. The Morgan fingerprint density at radius 3 is 2.54 bits per heavy atom. The van der Waals surface area contributed by atoms with E-state index in [-0.39, 0.29) is 27.1 Å². The number of rotatable bonds is 1. The van der Waals surface area contributed by atoms with Crippen LogP contribution in [0.3, 0.4) is 0 Å². The lowest BCUT2D eigenvalue weighted by Crippen LogP contribution is -2.30. The van der Waals surface area contributed by atoms with E-state index in [9.17, 15) is 4.79 Å². The standard InChI is InChI=1S/C7H11NO2S2.BrH/c9-6(10)5-3-7(4-8-5)11-1-2-12-7;/h5,8H,1-4H2,(H,9,10);1H/t5-;/m0./s1. The van der Waals surface area contributed by atoms with Crippen molar-refractivity contribution in [3.63, 3.8) is 0 Å². The second-order valence-corrected chi connectivity index (χ2v) is 6.30. The van der Waals surface area contributed by atoms with E-state index in [2.05, 4.69) is 5.32 Å². The molecule has 0 aromatic rings. The van der Waals surface area contributed by atoms with Crippen LogP contribution in [0.4, 0.5) is 0 Å². The van der Waals surface area contributed by atoms with Gasteiger partial charge in [-0.2, -0.15) is 0 Å². The van der Waals surface area contributed by atoms with Crippen LogP contribution in [0, 0.1) is 0 Å². The van der Waals surface area contributed by atoms with Crippen LogP contribution >= 0.6 is 40.5 Å². The first-order valence-electron chi connectivity index (χ1n) is 3.96. The number of nitrogens with one attached hydrogen (secondary N) is 1. The van der Waals surface area contributed by atoms with Crippen molar-refractivity contribution in [3.05, 3.63) is 0 Å². The summed E-state index contributed by atoms with van der Waals surface area (Å²) in [5, 5.41) is 11.8. The fourth-order valence-electron chi connectivity index (χ4n) is 1.63. The number of hydrogen-bond donors (Lipinski definition) is 2. The van der Waals surface area contributed by atoms with E-state index >= 15 is 0 Å². The largest absolute Gasteiger partial charge is 0.480 e. The molecule has 0 aromatic heterocycles. The number of carboxylic acid groups (broad SMARTS) is 1. The summed E-state index contributed by atoms with van der Waals surface area (Å²) < 4.78 is 0.184. The number of hydrogen-bond acceptors (Lipinski definition) is 4. The van der Waals surface area contributed by atoms with Crippen LogP contribution in [0.25, 0.3) is 0 Å². The molecule has 0 aromatic carbocycles. The Morgan fingerprint density at radius 1 is 1.46 bits per heavy atom. The Bertz CT molecular complexity index is 209. The molecule has 3 nitrogen and oxygen atoms in total. The fraction of sp³-hybridized carbons (Fsp3) is 0.857. The van der Waals surface area contributed by atoms with Crippen molar-refractivity contribution in [1.29, 1.82) is 0 Å². The normalized spacial score (nSPS) is 30.3. The zero-order valence-electron chi connectivity index (χ0n) is 6.99. The van der Waals surface area contributed by atoms with Crippen molar-refractivity contribution in [2.45, 2.75) is 16.5 Å². The summed E-state index contributed by atoms with van der Waals surface area (Å²) in [6, 6.07) is -0.317. The minimum absolute atomic E-state index is 0. The average molecular weight is 286 g/mol. The number of halogens is 1. The number of carboxylic acids is 1. The van der Waals surface area contributed by atoms with Crippen LogP contribution in [-0.4, -0.2) is 39.2 Å². The molecular formula is C7H12BrNO2S2. The molecule has 0 saturated carbocycles. The average Bonchev–Trinajstić information content (AvgIpc) is 2.62. The van der Waals surface area contributed by atoms with E-state index in [4.69, 9.17) is 5.11 Å². The Kier molecular flexibility index (Phi) is 3.97. The van der Waals surface area contributed by atoms with Gasteiger partial charge in [0.25, 0.3) is 0 Å². The number of carbonyl (C=O) groups is 1. The topological polar surface area (TPSA) is 49.3 Å². The highest BCUT2D eigenvalue weighted by Gasteiger charge is 2.44. The van der Waals surface area contributed by atoms with Gasteiger partial charge >= 0.3 is 5.97 Å². The van der Waals surface area contributed by atoms with E-state index < -0.39 is 5.97 Å². The summed E-state index contributed by atoms with van der Waals surface area (Å²) in [5.41, 5.74) is 0. The Morgan fingerprint density at radius 2 is 2.08 bits per heavy atom. The zero-order chi connectivity index (χ0) is 8.60. The molecule has 0 amide bonds. The molecule has 76 valence electrons. The van der Waals surface area contributed by atoms with Gasteiger partial charge in [-0.25, -0.2) is 0 Å². The first-order chi connectivity index (χ1) is 5.72. The van der Waals surface area contributed by atoms with Crippen molar-refractivity contribution < 1.29 is 9.90 Å². The van der Waals surface area contributed by atoms with Gasteiger partial charge in [-0.15, -0.1) is 40.5 Å².